The third-order valence-corrected chi connectivity index (χ3v) is 5.02. The van der Waals surface area contributed by atoms with Crippen molar-refractivity contribution in [3.8, 4) is 0 Å². The molecular weight excluding hydrogens is 377 g/mol. The van der Waals surface area contributed by atoms with Crippen LogP contribution in [0.25, 0.3) is 0 Å². The number of amides is 1. The Morgan fingerprint density at radius 2 is 1.85 bits per heavy atom. The monoisotopic (exact) mass is 393 g/mol. The molecule has 0 bridgehead atoms. The van der Waals surface area contributed by atoms with Crippen LogP contribution < -0.4 is 0 Å². The van der Waals surface area contributed by atoms with Crippen molar-refractivity contribution in [3.05, 3.63) is 69.7 Å². The molecule has 26 heavy (non-hydrogen) atoms. The molecule has 1 aliphatic rings. The van der Waals surface area contributed by atoms with Gasteiger partial charge >= 0.3 is 12.1 Å². The van der Waals surface area contributed by atoms with E-state index >= 15 is 0 Å². The van der Waals surface area contributed by atoms with Gasteiger partial charge < -0.3 is 14.7 Å². The molecule has 1 fully saturated rings. The molecule has 0 spiro atoms. The van der Waals surface area contributed by atoms with Crippen LogP contribution in [0.3, 0.4) is 0 Å². The number of likely N-dealkylation sites (tertiary alicyclic amines) is 1. The van der Waals surface area contributed by atoms with Crippen LogP contribution >= 0.6 is 23.2 Å². The second kappa shape index (κ2) is 7.98. The van der Waals surface area contributed by atoms with Crippen LogP contribution in [0.4, 0.5) is 4.79 Å². The van der Waals surface area contributed by atoms with Crippen molar-refractivity contribution >= 4 is 35.3 Å². The Morgan fingerprint density at radius 1 is 1.12 bits per heavy atom. The van der Waals surface area contributed by atoms with Gasteiger partial charge in [-0.15, -0.1) is 0 Å². The molecule has 5 nitrogen and oxygen atoms in total. The molecular formula is C19H17Cl2NO4. The van der Waals surface area contributed by atoms with E-state index < -0.39 is 23.9 Å². The van der Waals surface area contributed by atoms with Crippen molar-refractivity contribution in [1.29, 1.82) is 0 Å². The number of halogens is 2. The highest BCUT2D eigenvalue weighted by Crippen LogP contribution is 2.37. The van der Waals surface area contributed by atoms with Crippen molar-refractivity contribution in [2.75, 3.05) is 13.1 Å². The summed E-state index contributed by atoms with van der Waals surface area (Å²) in [4.78, 5) is 25.4. The lowest BCUT2D eigenvalue weighted by molar-refractivity contribution is -0.141. The van der Waals surface area contributed by atoms with E-state index in [0.29, 0.717) is 15.6 Å². The number of hydrogen-bond donors (Lipinski definition) is 1. The summed E-state index contributed by atoms with van der Waals surface area (Å²) in [5.74, 6) is -2.14. The first kappa shape index (κ1) is 18.5. The number of carbonyl (C=O) groups excluding carboxylic acids is 1. The van der Waals surface area contributed by atoms with E-state index in [4.69, 9.17) is 27.9 Å². The van der Waals surface area contributed by atoms with E-state index in [1.807, 2.05) is 30.3 Å². The molecule has 1 saturated heterocycles. The Hall–Kier alpha value is -2.24. The van der Waals surface area contributed by atoms with Crippen molar-refractivity contribution in [3.63, 3.8) is 0 Å². The van der Waals surface area contributed by atoms with Gasteiger partial charge in [-0.25, -0.2) is 4.79 Å². The first-order valence-corrected chi connectivity index (χ1v) is 8.84. The fraction of sp³-hybridized carbons (Fsp3) is 0.263. The fourth-order valence-electron chi connectivity index (χ4n) is 3.13. The number of aliphatic carboxylic acids is 1. The van der Waals surface area contributed by atoms with Crippen molar-refractivity contribution in [2.45, 2.75) is 12.5 Å². The van der Waals surface area contributed by atoms with Gasteiger partial charge in [-0.3, -0.25) is 4.79 Å². The molecule has 7 heteroatoms. The molecule has 1 N–H and O–H groups in total. The average Bonchev–Trinajstić information content (AvgIpc) is 3.06. The highest BCUT2D eigenvalue weighted by atomic mass is 35.5. The fourth-order valence-corrected chi connectivity index (χ4v) is 3.68. The minimum Gasteiger partial charge on any atom is -0.481 e. The maximum atomic E-state index is 12.4. The van der Waals surface area contributed by atoms with E-state index in [1.165, 1.54) is 4.90 Å². The number of carboxylic acid groups (broad SMARTS) is 1. The standard InChI is InChI=1S/C19H17Cl2NO4/c20-13-6-7-14(17(21)8-13)15-9-22(10-16(15)18(23)24)19(25)26-11-12-4-2-1-3-5-12/h1-8,15-16H,9-11H2,(H,23,24). The van der Waals surface area contributed by atoms with E-state index in [9.17, 15) is 14.7 Å². The van der Waals surface area contributed by atoms with Crippen LogP contribution in [0.2, 0.25) is 10.0 Å². The highest BCUT2D eigenvalue weighted by Gasteiger charge is 2.41. The number of carboxylic acids is 1. The molecule has 0 saturated carbocycles. The van der Waals surface area contributed by atoms with Crippen molar-refractivity contribution in [2.24, 2.45) is 5.92 Å². The first-order chi connectivity index (χ1) is 12.5. The summed E-state index contributed by atoms with van der Waals surface area (Å²) in [5, 5.41) is 10.4. The summed E-state index contributed by atoms with van der Waals surface area (Å²) in [7, 11) is 0. The average molecular weight is 394 g/mol. The second-order valence-electron chi connectivity index (χ2n) is 6.16. The van der Waals surface area contributed by atoms with Crippen molar-refractivity contribution in [1.82, 2.24) is 4.90 Å². The summed E-state index contributed by atoms with van der Waals surface area (Å²) in [6, 6.07) is 14.3. The molecule has 3 rings (SSSR count). The molecule has 1 heterocycles. The number of ether oxygens (including phenoxy) is 1. The molecule has 2 unspecified atom stereocenters. The Kier molecular flexibility index (Phi) is 5.69. The summed E-state index contributed by atoms with van der Waals surface area (Å²) >= 11 is 12.2. The number of hydrogen-bond acceptors (Lipinski definition) is 3. The number of benzene rings is 2. The third kappa shape index (κ3) is 4.11. The van der Waals surface area contributed by atoms with Gasteiger partial charge in [0.2, 0.25) is 0 Å². The molecule has 1 amide bonds. The zero-order chi connectivity index (χ0) is 18.7. The van der Waals surface area contributed by atoms with E-state index in [-0.39, 0.29) is 19.7 Å². The predicted molar refractivity (Wildman–Crippen MR) is 98.5 cm³/mol. The number of nitrogens with zero attached hydrogens (tertiary/aromatic N) is 1. The summed E-state index contributed by atoms with van der Waals surface area (Å²) < 4.78 is 5.31. The van der Waals surface area contributed by atoms with Gasteiger partial charge in [-0.1, -0.05) is 59.6 Å². The lowest BCUT2D eigenvalue weighted by Crippen LogP contribution is -2.30. The molecule has 0 aliphatic carbocycles. The minimum atomic E-state index is -0.973. The normalized spacial score (nSPS) is 19.4. The van der Waals surface area contributed by atoms with Crippen LogP contribution in [0, 0.1) is 5.92 Å². The molecule has 2 atom stereocenters. The third-order valence-electron chi connectivity index (χ3n) is 4.46. The van der Waals surface area contributed by atoms with Crippen LogP contribution in [0.1, 0.15) is 17.0 Å². The van der Waals surface area contributed by atoms with Crippen LogP contribution in [0.5, 0.6) is 0 Å². The van der Waals surface area contributed by atoms with Crippen LogP contribution in [0.15, 0.2) is 48.5 Å². The van der Waals surface area contributed by atoms with Crippen molar-refractivity contribution < 1.29 is 19.4 Å². The summed E-state index contributed by atoms with van der Waals surface area (Å²) in [5.41, 5.74) is 1.54. The summed E-state index contributed by atoms with van der Waals surface area (Å²) in [6.45, 7) is 0.443. The molecule has 2 aromatic rings. The van der Waals surface area contributed by atoms with Gasteiger partial charge in [0.05, 0.1) is 5.92 Å². The Labute approximate surface area is 161 Å². The maximum Gasteiger partial charge on any atom is 0.410 e. The SMILES string of the molecule is O=C(O)C1CN(C(=O)OCc2ccccc2)CC1c1ccc(Cl)cc1Cl. The lowest BCUT2D eigenvalue weighted by Gasteiger charge is -2.17. The largest absolute Gasteiger partial charge is 0.481 e. The van der Waals surface area contributed by atoms with E-state index in [0.717, 1.165) is 5.56 Å². The van der Waals surface area contributed by atoms with Gasteiger partial charge in [-0.2, -0.15) is 0 Å². The second-order valence-corrected chi connectivity index (χ2v) is 7.01. The highest BCUT2D eigenvalue weighted by molar-refractivity contribution is 6.35. The minimum absolute atomic E-state index is 0.0760. The van der Waals surface area contributed by atoms with Crippen LogP contribution in [-0.2, 0) is 16.1 Å². The Morgan fingerprint density at radius 3 is 2.50 bits per heavy atom. The molecule has 136 valence electrons. The van der Waals surface area contributed by atoms with Crippen LogP contribution in [-0.4, -0.2) is 35.2 Å². The van der Waals surface area contributed by atoms with E-state index in [2.05, 4.69) is 0 Å². The lowest BCUT2D eigenvalue weighted by atomic mass is 9.89. The smallest absolute Gasteiger partial charge is 0.410 e. The van der Waals surface area contributed by atoms with Gasteiger partial charge in [0, 0.05) is 29.1 Å². The van der Waals surface area contributed by atoms with Gasteiger partial charge in [0.1, 0.15) is 6.61 Å². The molecule has 1 aliphatic heterocycles. The van der Waals surface area contributed by atoms with Gasteiger partial charge in [0.25, 0.3) is 0 Å². The summed E-state index contributed by atoms with van der Waals surface area (Å²) in [6.07, 6.45) is -0.535. The first-order valence-electron chi connectivity index (χ1n) is 8.09. The Balaban J connectivity index is 1.72. The predicted octanol–water partition coefficient (Wildman–Crippen LogP) is 4.43. The van der Waals surface area contributed by atoms with Gasteiger partial charge in [0.15, 0.2) is 0 Å². The number of rotatable bonds is 4. The zero-order valence-electron chi connectivity index (χ0n) is 13.8. The maximum absolute atomic E-state index is 12.4. The molecule has 0 aromatic heterocycles. The Bertz CT molecular complexity index is 812. The topological polar surface area (TPSA) is 66.8 Å². The zero-order valence-corrected chi connectivity index (χ0v) is 15.3. The van der Waals surface area contributed by atoms with Gasteiger partial charge in [-0.05, 0) is 23.3 Å². The number of carbonyl (C=O) groups is 2. The quantitative estimate of drug-likeness (QED) is 0.833. The van der Waals surface area contributed by atoms with E-state index in [1.54, 1.807) is 18.2 Å². The molecule has 0 radical (unpaired) electrons. The molecule has 2 aromatic carbocycles.